The maximum Gasteiger partial charge on any atom is 0.131 e. The highest BCUT2D eigenvalue weighted by Gasteiger charge is 2.16. The number of halogens is 1. The minimum atomic E-state index is 0.666. The molecule has 2 heterocycles. The molecule has 4 nitrogen and oxygen atoms in total. The fraction of sp³-hybridized carbons (Fsp3) is 0.200. The Morgan fingerprint density at radius 2 is 2.10 bits per heavy atom. The predicted octanol–water partition coefficient (Wildman–Crippen LogP) is 3.66. The van der Waals surface area contributed by atoms with Crippen LogP contribution in [0.1, 0.15) is 12.7 Å². The Morgan fingerprint density at radius 3 is 2.80 bits per heavy atom. The third kappa shape index (κ3) is 1.84. The normalized spacial score (nSPS) is 11.2. The van der Waals surface area contributed by atoms with E-state index in [0.717, 1.165) is 34.5 Å². The van der Waals surface area contributed by atoms with E-state index in [1.54, 1.807) is 6.20 Å². The average Bonchev–Trinajstić information content (AvgIpc) is 2.74. The quantitative estimate of drug-likeness (QED) is 0.782. The van der Waals surface area contributed by atoms with Crippen molar-refractivity contribution in [2.75, 3.05) is 5.73 Å². The lowest BCUT2D eigenvalue weighted by molar-refractivity contribution is 0.739. The Morgan fingerprint density at radius 1 is 1.30 bits per heavy atom. The summed E-state index contributed by atoms with van der Waals surface area (Å²) in [6.07, 6.45) is 1.75. The largest absolute Gasteiger partial charge is 0.383 e. The second-order valence-corrected chi connectivity index (χ2v) is 5.04. The van der Waals surface area contributed by atoms with Gasteiger partial charge in [0.1, 0.15) is 17.3 Å². The van der Waals surface area contributed by atoms with E-state index in [4.69, 9.17) is 17.3 Å². The Labute approximate surface area is 122 Å². The molecule has 1 aromatic carbocycles. The van der Waals surface area contributed by atoms with Gasteiger partial charge in [0.25, 0.3) is 0 Å². The molecule has 102 valence electrons. The van der Waals surface area contributed by atoms with Gasteiger partial charge in [-0.1, -0.05) is 11.6 Å². The van der Waals surface area contributed by atoms with Gasteiger partial charge in [-0.3, -0.25) is 4.98 Å². The van der Waals surface area contributed by atoms with Crippen molar-refractivity contribution < 1.29 is 0 Å². The zero-order valence-corrected chi connectivity index (χ0v) is 12.1. The Balaban J connectivity index is 2.33. The second-order valence-electron chi connectivity index (χ2n) is 4.63. The van der Waals surface area contributed by atoms with Crippen molar-refractivity contribution in [1.82, 2.24) is 14.5 Å². The van der Waals surface area contributed by atoms with E-state index < -0.39 is 0 Å². The van der Waals surface area contributed by atoms with Crippen LogP contribution in [0.4, 0.5) is 5.82 Å². The number of anilines is 1. The first kappa shape index (κ1) is 12.9. The number of pyridine rings is 1. The Hall–Kier alpha value is -2.07. The number of benzene rings is 1. The van der Waals surface area contributed by atoms with Crippen LogP contribution in [0.2, 0.25) is 5.02 Å². The molecule has 0 atom stereocenters. The summed E-state index contributed by atoms with van der Waals surface area (Å²) in [5, 5.41) is 1.59. The number of fused-ring (bicyclic) bond motifs is 1. The molecule has 2 N–H and O–H groups in total. The monoisotopic (exact) mass is 286 g/mol. The van der Waals surface area contributed by atoms with Crippen molar-refractivity contribution in [3.8, 4) is 11.3 Å². The van der Waals surface area contributed by atoms with Crippen LogP contribution >= 0.6 is 11.6 Å². The third-order valence-corrected chi connectivity index (χ3v) is 3.82. The standard InChI is InChI=1S/C15H15ClN4/c1-3-20-9(2)19-14(15(20)17)11-6-7-12(16)10-5-4-8-18-13(10)11/h4-8H,3,17H2,1-2H3. The van der Waals surface area contributed by atoms with Gasteiger partial charge in [0.2, 0.25) is 0 Å². The summed E-state index contributed by atoms with van der Waals surface area (Å²) < 4.78 is 1.98. The molecule has 0 aliphatic rings. The maximum atomic E-state index is 6.22. The molecular formula is C15H15ClN4. The van der Waals surface area contributed by atoms with E-state index in [1.165, 1.54) is 0 Å². The Bertz CT molecular complexity index is 792. The predicted molar refractivity (Wildman–Crippen MR) is 82.8 cm³/mol. The van der Waals surface area contributed by atoms with E-state index in [1.807, 2.05) is 42.7 Å². The lowest BCUT2D eigenvalue weighted by Gasteiger charge is -2.07. The number of rotatable bonds is 2. The summed E-state index contributed by atoms with van der Waals surface area (Å²) in [6, 6.07) is 7.61. The van der Waals surface area contributed by atoms with Crippen molar-refractivity contribution in [2.24, 2.45) is 0 Å². The van der Waals surface area contributed by atoms with Crippen molar-refractivity contribution in [3.63, 3.8) is 0 Å². The maximum absolute atomic E-state index is 6.22. The highest BCUT2D eigenvalue weighted by atomic mass is 35.5. The van der Waals surface area contributed by atoms with Gasteiger partial charge in [-0.05, 0) is 38.1 Å². The van der Waals surface area contributed by atoms with Crippen LogP contribution in [-0.4, -0.2) is 14.5 Å². The molecule has 0 saturated heterocycles. The van der Waals surface area contributed by atoms with Gasteiger partial charge in [0, 0.05) is 23.7 Å². The van der Waals surface area contributed by atoms with Crippen LogP contribution in [0, 0.1) is 6.92 Å². The summed E-state index contributed by atoms with van der Waals surface area (Å²) in [5.41, 5.74) is 8.72. The fourth-order valence-electron chi connectivity index (χ4n) is 2.51. The van der Waals surface area contributed by atoms with Crippen LogP contribution in [-0.2, 0) is 6.54 Å². The van der Waals surface area contributed by atoms with Gasteiger partial charge in [0.05, 0.1) is 10.5 Å². The van der Waals surface area contributed by atoms with E-state index in [2.05, 4.69) is 9.97 Å². The van der Waals surface area contributed by atoms with E-state index in [0.29, 0.717) is 10.8 Å². The third-order valence-electron chi connectivity index (χ3n) is 3.49. The molecule has 0 spiro atoms. The first-order valence-corrected chi connectivity index (χ1v) is 6.87. The molecule has 0 aliphatic heterocycles. The van der Waals surface area contributed by atoms with Crippen molar-refractivity contribution in [3.05, 3.63) is 41.3 Å². The van der Waals surface area contributed by atoms with Gasteiger partial charge >= 0.3 is 0 Å². The summed E-state index contributed by atoms with van der Waals surface area (Å²) in [6.45, 7) is 4.80. The molecule has 0 aliphatic carbocycles. The van der Waals surface area contributed by atoms with Crippen LogP contribution in [0.5, 0.6) is 0 Å². The smallest absolute Gasteiger partial charge is 0.131 e. The average molecular weight is 287 g/mol. The minimum Gasteiger partial charge on any atom is -0.383 e. The Kier molecular flexibility index (Phi) is 3.10. The summed E-state index contributed by atoms with van der Waals surface area (Å²) in [7, 11) is 0. The summed E-state index contributed by atoms with van der Waals surface area (Å²) >= 11 is 6.22. The number of imidazole rings is 1. The number of aromatic nitrogens is 3. The van der Waals surface area contributed by atoms with Crippen LogP contribution in [0.3, 0.4) is 0 Å². The molecule has 0 radical (unpaired) electrons. The SMILES string of the molecule is CCn1c(C)nc(-c2ccc(Cl)c3cccnc23)c1N. The van der Waals surface area contributed by atoms with Gasteiger partial charge in [0.15, 0.2) is 0 Å². The molecule has 3 aromatic rings. The molecule has 0 bridgehead atoms. The zero-order chi connectivity index (χ0) is 14.3. The number of nitrogens with two attached hydrogens (primary N) is 1. The number of nitrogen functional groups attached to an aromatic ring is 1. The first-order chi connectivity index (χ1) is 9.63. The summed E-state index contributed by atoms with van der Waals surface area (Å²) in [4.78, 5) is 9.02. The molecule has 0 fully saturated rings. The number of hydrogen-bond donors (Lipinski definition) is 1. The van der Waals surface area contributed by atoms with E-state index in [-0.39, 0.29) is 0 Å². The van der Waals surface area contributed by atoms with Gasteiger partial charge < -0.3 is 10.3 Å². The molecule has 0 saturated carbocycles. The molecule has 0 unspecified atom stereocenters. The zero-order valence-electron chi connectivity index (χ0n) is 11.4. The molecule has 3 rings (SSSR count). The van der Waals surface area contributed by atoms with Crippen molar-refractivity contribution >= 4 is 28.3 Å². The first-order valence-electron chi connectivity index (χ1n) is 6.49. The van der Waals surface area contributed by atoms with Gasteiger partial charge in [-0.2, -0.15) is 0 Å². The van der Waals surface area contributed by atoms with Crippen molar-refractivity contribution in [2.45, 2.75) is 20.4 Å². The molecule has 0 amide bonds. The van der Waals surface area contributed by atoms with E-state index in [9.17, 15) is 0 Å². The molecular weight excluding hydrogens is 272 g/mol. The fourth-order valence-corrected chi connectivity index (χ4v) is 2.72. The number of nitrogens with zero attached hydrogens (tertiary/aromatic N) is 3. The lowest BCUT2D eigenvalue weighted by atomic mass is 10.1. The van der Waals surface area contributed by atoms with Gasteiger partial charge in [-0.15, -0.1) is 0 Å². The highest BCUT2D eigenvalue weighted by Crippen LogP contribution is 2.34. The van der Waals surface area contributed by atoms with Crippen LogP contribution in [0.15, 0.2) is 30.5 Å². The number of aryl methyl sites for hydroxylation is 1. The summed E-state index contributed by atoms with van der Waals surface area (Å²) in [5.74, 6) is 1.57. The van der Waals surface area contributed by atoms with Crippen LogP contribution < -0.4 is 5.73 Å². The molecule has 5 heteroatoms. The molecule has 20 heavy (non-hydrogen) atoms. The topological polar surface area (TPSA) is 56.7 Å². The minimum absolute atomic E-state index is 0.666. The second kappa shape index (κ2) is 4.80. The number of hydrogen-bond acceptors (Lipinski definition) is 3. The lowest BCUT2D eigenvalue weighted by Crippen LogP contribution is -2.02. The van der Waals surface area contributed by atoms with Crippen molar-refractivity contribution in [1.29, 1.82) is 0 Å². The van der Waals surface area contributed by atoms with E-state index >= 15 is 0 Å². The van der Waals surface area contributed by atoms with Crippen LogP contribution in [0.25, 0.3) is 22.2 Å². The highest BCUT2D eigenvalue weighted by molar-refractivity contribution is 6.35. The molecule has 2 aromatic heterocycles. The van der Waals surface area contributed by atoms with Gasteiger partial charge in [-0.25, -0.2) is 4.98 Å².